The van der Waals surface area contributed by atoms with Gasteiger partial charge in [0, 0.05) is 12.2 Å². The lowest BCUT2D eigenvalue weighted by atomic mass is 10.1. The second kappa shape index (κ2) is 6.31. The number of anilines is 1. The van der Waals surface area contributed by atoms with Gasteiger partial charge in [-0.2, -0.15) is 5.10 Å². The van der Waals surface area contributed by atoms with Crippen LogP contribution in [0.1, 0.15) is 36.4 Å². The van der Waals surface area contributed by atoms with Crippen molar-refractivity contribution in [1.82, 2.24) is 9.78 Å². The number of nitrogens with one attached hydrogen (secondary N) is 1. The number of aromatic nitrogens is 2. The molecule has 0 unspecified atom stereocenters. The van der Waals surface area contributed by atoms with E-state index in [4.69, 9.17) is 11.6 Å². The zero-order chi connectivity index (χ0) is 14.7. The molecule has 0 amide bonds. The molecule has 0 radical (unpaired) electrons. The first-order valence-electron chi connectivity index (χ1n) is 7.12. The number of nitrogens with zero attached hydrogens (tertiary/aromatic N) is 2. The lowest BCUT2D eigenvalue weighted by Crippen LogP contribution is -2.08. The fraction of sp³-hybridized carbons (Fsp3) is 0.438. The predicted octanol–water partition coefficient (Wildman–Crippen LogP) is 4.35. The first-order valence-corrected chi connectivity index (χ1v) is 7.49. The zero-order valence-corrected chi connectivity index (χ0v) is 13.4. The van der Waals surface area contributed by atoms with Crippen LogP contribution >= 0.6 is 11.6 Å². The summed E-state index contributed by atoms with van der Waals surface area (Å²) in [5, 5.41) is 8.77. The molecule has 0 aliphatic rings. The Kier molecular flexibility index (Phi) is 4.71. The van der Waals surface area contributed by atoms with Crippen LogP contribution in [0.2, 0.25) is 5.02 Å². The number of rotatable bonds is 5. The largest absolute Gasteiger partial charge is 0.379 e. The summed E-state index contributed by atoms with van der Waals surface area (Å²) in [6, 6.07) is 6.40. The van der Waals surface area contributed by atoms with Crippen molar-refractivity contribution in [3.63, 3.8) is 0 Å². The lowest BCUT2D eigenvalue weighted by Gasteiger charge is -2.10. The highest BCUT2D eigenvalue weighted by atomic mass is 35.5. The van der Waals surface area contributed by atoms with Crippen LogP contribution in [0, 0.1) is 13.8 Å². The second-order valence-electron chi connectivity index (χ2n) is 5.03. The van der Waals surface area contributed by atoms with Crippen LogP contribution in [0.4, 0.5) is 5.69 Å². The highest BCUT2D eigenvalue weighted by Crippen LogP contribution is 2.23. The van der Waals surface area contributed by atoms with Gasteiger partial charge in [0.2, 0.25) is 0 Å². The smallest absolute Gasteiger partial charge is 0.0868 e. The highest BCUT2D eigenvalue weighted by Gasteiger charge is 2.13. The second-order valence-corrected chi connectivity index (χ2v) is 5.41. The molecule has 1 aromatic carbocycles. The topological polar surface area (TPSA) is 29.9 Å². The van der Waals surface area contributed by atoms with Crippen LogP contribution in [-0.2, 0) is 19.5 Å². The molecule has 0 bridgehead atoms. The summed E-state index contributed by atoms with van der Waals surface area (Å²) < 4.78 is 1.98. The first kappa shape index (κ1) is 14.9. The maximum Gasteiger partial charge on any atom is 0.0868 e. The van der Waals surface area contributed by atoms with E-state index in [0.717, 1.165) is 35.1 Å². The van der Waals surface area contributed by atoms with E-state index in [-0.39, 0.29) is 0 Å². The van der Waals surface area contributed by atoms with Crippen LogP contribution < -0.4 is 5.32 Å². The summed E-state index contributed by atoms with van der Waals surface area (Å²) in [6.45, 7) is 9.94. The molecule has 108 valence electrons. The Balaban J connectivity index is 2.17. The predicted molar refractivity (Wildman–Crippen MR) is 85.5 cm³/mol. The number of halogens is 1. The van der Waals surface area contributed by atoms with Crippen LogP contribution in [0.25, 0.3) is 0 Å². The summed E-state index contributed by atoms with van der Waals surface area (Å²) in [5.74, 6) is 0. The van der Waals surface area contributed by atoms with E-state index in [1.165, 1.54) is 11.1 Å². The molecule has 0 saturated heterocycles. The van der Waals surface area contributed by atoms with Crippen molar-refractivity contribution in [1.29, 1.82) is 0 Å². The first-order chi connectivity index (χ1) is 9.56. The third-order valence-electron chi connectivity index (χ3n) is 3.66. The summed E-state index contributed by atoms with van der Waals surface area (Å²) in [6.07, 6.45) is 0.864. The van der Waals surface area contributed by atoms with E-state index in [0.29, 0.717) is 6.54 Å². The molecule has 2 rings (SSSR count). The molecule has 3 nitrogen and oxygen atoms in total. The molecule has 0 fully saturated rings. The number of aryl methyl sites for hydroxylation is 4. The van der Waals surface area contributed by atoms with E-state index < -0.39 is 0 Å². The minimum absolute atomic E-state index is 0.697. The third-order valence-corrected chi connectivity index (χ3v) is 4.10. The van der Waals surface area contributed by atoms with Crippen molar-refractivity contribution in [3.05, 3.63) is 45.7 Å². The van der Waals surface area contributed by atoms with Crippen molar-refractivity contribution >= 4 is 17.3 Å². The average molecular weight is 292 g/mol. The van der Waals surface area contributed by atoms with Gasteiger partial charge >= 0.3 is 0 Å². The van der Waals surface area contributed by atoms with Crippen molar-refractivity contribution in [2.24, 2.45) is 0 Å². The Labute approximate surface area is 126 Å². The number of benzene rings is 1. The van der Waals surface area contributed by atoms with Crippen molar-refractivity contribution < 1.29 is 0 Å². The van der Waals surface area contributed by atoms with Gasteiger partial charge in [0.1, 0.15) is 0 Å². The molecule has 1 aromatic heterocycles. The molecule has 4 heteroatoms. The van der Waals surface area contributed by atoms with E-state index in [2.05, 4.69) is 56.3 Å². The Morgan fingerprint density at radius 3 is 2.55 bits per heavy atom. The molecule has 0 saturated carbocycles. The summed E-state index contributed by atoms with van der Waals surface area (Å²) in [5.41, 5.74) is 5.75. The maximum absolute atomic E-state index is 6.41. The molecular weight excluding hydrogens is 270 g/mol. The Bertz CT molecular complexity index is 602. The van der Waals surface area contributed by atoms with Gasteiger partial charge in [-0.25, -0.2) is 0 Å². The zero-order valence-electron chi connectivity index (χ0n) is 12.6. The van der Waals surface area contributed by atoms with Crippen molar-refractivity contribution in [3.8, 4) is 0 Å². The molecule has 1 N–H and O–H groups in total. The fourth-order valence-corrected chi connectivity index (χ4v) is 2.56. The Hall–Kier alpha value is -1.48. The molecular formula is C16H22ClN3. The van der Waals surface area contributed by atoms with Crippen LogP contribution in [-0.4, -0.2) is 9.78 Å². The fourth-order valence-electron chi connectivity index (χ4n) is 2.22. The monoisotopic (exact) mass is 291 g/mol. The van der Waals surface area contributed by atoms with Gasteiger partial charge in [0.15, 0.2) is 0 Å². The SMILES string of the molecule is CCc1nn(CC)c(CNc2ccc(C)c(C)c2)c1Cl. The molecule has 20 heavy (non-hydrogen) atoms. The minimum Gasteiger partial charge on any atom is -0.379 e. The highest BCUT2D eigenvalue weighted by molar-refractivity contribution is 6.31. The van der Waals surface area contributed by atoms with Crippen molar-refractivity contribution in [2.45, 2.75) is 47.2 Å². The molecule has 1 heterocycles. The molecule has 0 atom stereocenters. The van der Waals surface area contributed by atoms with Gasteiger partial charge in [-0.15, -0.1) is 0 Å². The quantitative estimate of drug-likeness (QED) is 0.887. The van der Waals surface area contributed by atoms with Crippen LogP contribution in [0.5, 0.6) is 0 Å². The van der Waals surface area contributed by atoms with Gasteiger partial charge in [-0.3, -0.25) is 4.68 Å². The van der Waals surface area contributed by atoms with Gasteiger partial charge in [0.05, 0.1) is 23.0 Å². The van der Waals surface area contributed by atoms with E-state index in [9.17, 15) is 0 Å². The molecule has 2 aromatic rings. The standard InChI is InChI=1S/C16H22ClN3/c1-5-14-16(17)15(20(6-2)19-14)10-18-13-8-7-11(3)12(4)9-13/h7-9,18H,5-6,10H2,1-4H3. The van der Waals surface area contributed by atoms with Crippen LogP contribution in [0.3, 0.4) is 0 Å². The van der Waals surface area contributed by atoms with E-state index in [1.54, 1.807) is 0 Å². The summed E-state index contributed by atoms with van der Waals surface area (Å²) in [4.78, 5) is 0. The van der Waals surface area contributed by atoms with Gasteiger partial charge in [-0.1, -0.05) is 24.6 Å². The van der Waals surface area contributed by atoms with Crippen molar-refractivity contribution in [2.75, 3.05) is 5.32 Å². The molecule has 0 aliphatic heterocycles. The lowest BCUT2D eigenvalue weighted by molar-refractivity contribution is 0.619. The average Bonchev–Trinajstić information content (AvgIpc) is 2.76. The Morgan fingerprint density at radius 2 is 1.95 bits per heavy atom. The Morgan fingerprint density at radius 1 is 1.20 bits per heavy atom. The summed E-state index contributed by atoms with van der Waals surface area (Å²) in [7, 11) is 0. The summed E-state index contributed by atoms with van der Waals surface area (Å²) >= 11 is 6.41. The van der Waals surface area contributed by atoms with Gasteiger partial charge in [0.25, 0.3) is 0 Å². The van der Waals surface area contributed by atoms with E-state index in [1.807, 2.05) is 4.68 Å². The number of hydrogen-bond acceptors (Lipinski definition) is 2. The molecule has 0 spiro atoms. The van der Waals surface area contributed by atoms with Gasteiger partial charge in [-0.05, 0) is 50.5 Å². The molecule has 0 aliphatic carbocycles. The third kappa shape index (κ3) is 2.98. The van der Waals surface area contributed by atoms with Crippen LogP contribution in [0.15, 0.2) is 18.2 Å². The minimum atomic E-state index is 0.697. The maximum atomic E-state index is 6.41. The normalized spacial score (nSPS) is 10.8. The number of hydrogen-bond donors (Lipinski definition) is 1. The van der Waals surface area contributed by atoms with E-state index >= 15 is 0 Å². The van der Waals surface area contributed by atoms with Gasteiger partial charge < -0.3 is 5.32 Å².